The number of anilines is 1. The van der Waals surface area contributed by atoms with Crippen LogP contribution in [0.5, 0.6) is 5.75 Å². The van der Waals surface area contributed by atoms with Gasteiger partial charge < -0.3 is 4.74 Å². The van der Waals surface area contributed by atoms with Crippen LogP contribution in [-0.4, -0.2) is 18.7 Å². The van der Waals surface area contributed by atoms with Gasteiger partial charge in [-0.15, -0.1) is 0 Å². The Morgan fingerprint density at radius 2 is 1.77 bits per heavy atom. The van der Waals surface area contributed by atoms with Gasteiger partial charge in [-0.2, -0.15) is 0 Å². The number of amides is 1. The van der Waals surface area contributed by atoms with E-state index in [1.807, 2.05) is 30.3 Å². The molecule has 0 radical (unpaired) electrons. The molecule has 1 saturated heterocycles. The molecule has 114 valence electrons. The van der Waals surface area contributed by atoms with Crippen molar-refractivity contribution in [2.24, 2.45) is 0 Å². The molecule has 3 rings (SSSR count). The number of rotatable bonds is 4. The van der Waals surface area contributed by atoms with Crippen LogP contribution in [0.25, 0.3) is 0 Å². The molecule has 0 bridgehead atoms. The summed E-state index contributed by atoms with van der Waals surface area (Å²) in [5, 5.41) is 0. The molecule has 3 nitrogen and oxygen atoms in total. The van der Waals surface area contributed by atoms with Crippen LogP contribution in [0.4, 0.5) is 10.1 Å². The summed E-state index contributed by atoms with van der Waals surface area (Å²) < 4.78 is 20.2. The van der Waals surface area contributed by atoms with Crippen LogP contribution < -0.4 is 9.64 Å². The summed E-state index contributed by atoms with van der Waals surface area (Å²) in [5.74, 6) is 0.226. The third-order valence-corrected chi connectivity index (χ3v) is 4.25. The van der Waals surface area contributed by atoms with Crippen LogP contribution in [-0.2, 0) is 4.79 Å². The van der Waals surface area contributed by atoms with Crippen molar-refractivity contribution in [1.82, 2.24) is 0 Å². The minimum absolute atomic E-state index is 0.165. The van der Waals surface area contributed by atoms with Crippen molar-refractivity contribution >= 4 is 11.6 Å². The van der Waals surface area contributed by atoms with Gasteiger partial charge >= 0.3 is 0 Å². The second-order valence-corrected chi connectivity index (χ2v) is 5.40. The first-order valence-corrected chi connectivity index (χ1v) is 7.33. The van der Waals surface area contributed by atoms with Crippen molar-refractivity contribution in [1.29, 1.82) is 0 Å². The molecule has 0 N–H and O–H groups in total. The minimum Gasteiger partial charge on any atom is -0.497 e. The predicted molar refractivity (Wildman–Crippen MR) is 83.8 cm³/mol. The van der Waals surface area contributed by atoms with Gasteiger partial charge in [0.05, 0.1) is 7.11 Å². The number of benzene rings is 2. The SMILES string of the molecule is CC[C@@]1(F)C(=O)N(c2ccc(OC)cc2)[C@@H]1c1ccccc1. The fourth-order valence-electron chi connectivity index (χ4n) is 2.98. The number of hydrogen-bond donors (Lipinski definition) is 0. The van der Waals surface area contributed by atoms with E-state index < -0.39 is 17.6 Å². The highest BCUT2D eigenvalue weighted by molar-refractivity contribution is 6.08. The maximum absolute atomic E-state index is 15.0. The monoisotopic (exact) mass is 299 g/mol. The number of carbonyl (C=O) groups excluding carboxylic acids is 1. The Balaban J connectivity index is 2.00. The molecule has 1 heterocycles. The molecule has 0 aromatic heterocycles. The van der Waals surface area contributed by atoms with E-state index in [0.717, 1.165) is 5.56 Å². The van der Waals surface area contributed by atoms with E-state index in [-0.39, 0.29) is 6.42 Å². The number of hydrogen-bond acceptors (Lipinski definition) is 2. The van der Waals surface area contributed by atoms with Crippen molar-refractivity contribution in [3.63, 3.8) is 0 Å². The molecular formula is C18H18FNO2. The first-order valence-electron chi connectivity index (χ1n) is 7.33. The molecule has 0 aliphatic carbocycles. The van der Waals surface area contributed by atoms with Crippen LogP contribution in [0.3, 0.4) is 0 Å². The van der Waals surface area contributed by atoms with Gasteiger partial charge in [0.1, 0.15) is 11.8 Å². The molecular weight excluding hydrogens is 281 g/mol. The van der Waals surface area contributed by atoms with Gasteiger partial charge in [0.2, 0.25) is 5.67 Å². The van der Waals surface area contributed by atoms with E-state index >= 15 is 4.39 Å². The number of alkyl halides is 1. The van der Waals surface area contributed by atoms with E-state index in [2.05, 4.69) is 0 Å². The number of methoxy groups -OCH3 is 1. The summed E-state index contributed by atoms with van der Waals surface area (Å²) in [6, 6.07) is 15.8. The zero-order chi connectivity index (χ0) is 15.7. The van der Waals surface area contributed by atoms with Gasteiger partial charge in [-0.05, 0) is 36.2 Å². The van der Waals surface area contributed by atoms with Crippen molar-refractivity contribution in [2.75, 3.05) is 12.0 Å². The van der Waals surface area contributed by atoms with Gasteiger partial charge in [0, 0.05) is 5.69 Å². The van der Waals surface area contributed by atoms with Gasteiger partial charge in [0.15, 0.2) is 0 Å². The lowest BCUT2D eigenvalue weighted by molar-refractivity contribution is -0.143. The number of β-lactam (4-membered cyclic amide) rings is 1. The van der Waals surface area contributed by atoms with Crippen LogP contribution in [0, 0.1) is 0 Å². The second-order valence-electron chi connectivity index (χ2n) is 5.40. The second kappa shape index (κ2) is 5.44. The summed E-state index contributed by atoms with van der Waals surface area (Å²) in [6.07, 6.45) is 0.165. The molecule has 1 fully saturated rings. The zero-order valence-electron chi connectivity index (χ0n) is 12.6. The van der Waals surface area contributed by atoms with Gasteiger partial charge in [-0.3, -0.25) is 9.69 Å². The minimum atomic E-state index is -1.83. The quantitative estimate of drug-likeness (QED) is 0.801. The summed E-state index contributed by atoms with van der Waals surface area (Å²) in [7, 11) is 1.58. The maximum atomic E-state index is 15.0. The lowest BCUT2D eigenvalue weighted by Gasteiger charge is -2.51. The molecule has 2 aromatic carbocycles. The Bertz CT molecular complexity index is 671. The Morgan fingerprint density at radius 3 is 2.32 bits per heavy atom. The fraction of sp³-hybridized carbons (Fsp3) is 0.278. The molecule has 1 aliphatic heterocycles. The Morgan fingerprint density at radius 1 is 1.14 bits per heavy atom. The lowest BCUT2D eigenvalue weighted by atomic mass is 9.77. The van der Waals surface area contributed by atoms with Gasteiger partial charge in [-0.25, -0.2) is 4.39 Å². The molecule has 1 aliphatic rings. The normalized spacial score (nSPS) is 24.0. The fourth-order valence-corrected chi connectivity index (χ4v) is 2.98. The van der Waals surface area contributed by atoms with Crippen molar-refractivity contribution < 1.29 is 13.9 Å². The highest BCUT2D eigenvalue weighted by Crippen LogP contribution is 2.50. The number of halogens is 1. The molecule has 2 aromatic rings. The Labute approximate surface area is 129 Å². The van der Waals surface area contributed by atoms with Crippen LogP contribution >= 0.6 is 0 Å². The summed E-state index contributed by atoms with van der Waals surface area (Å²) in [6.45, 7) is 1.71. The topological polar surface area (TPSA) is 29.5 Å². The highest BCUT2D eigenvalue weighted by Gasteiger charge is 2.61. The molecule has 0 unspecified atom stereocenters. The van der Waals surface area contributed by atoms with E-state index in [1.54, 1.807) is 38.3 Å². The predicted octanol–water partition coefficient (Wildman–Crippen LogP) is 3.90. The summed E-state index contributed by atoms with van der Waals surface area (Å²) in [5.41, 5.74) is -0.343. The summed E-state index contributed by atoms with van der Waals surface area (Å²) >= 11 is 0. The third-order valence-electron chi connectivity index (χ3n) is 4.25. The zero-order valence-corrected chi connectivity index (χ0v) is 12.6. The molecule has 0 spiro atoms. The Kier molecular flexibility index (Phi) is 3.61. The van der Waals surface area contributed by atoms with E-state index in [1.165, 1.54) is 4.90 Å². The summed E-state index contributed by atoms with van der Waals surface area (Å²) in [4.78, 5) is 13.9. The number of ether oxygens (including phenoxy) is 1. The molecule has 2 atom stereocenters. The maximum Gasteiger partial charge on any atom is 0.267 e. The van der Waals surface area contributed by atoms with Gasteiger partial charge in [-0.1, -0.05) is 37.3 Å². The molecule has 22 heavy (non-hydrogen) atoms. The number of nitrogens with zero attached hydrogens (tertiary/aromatic N) is 1. The van der Waals surface area contributed by atoms with Crippen LogP contribution in [0.2, 0.25) is 0 Å². The highest BCUT2D eigenvalue weighted by atomic mass is 19.1. The molecule has 0 saturated carbocycles. The van der Waals surface area contributed by atoms with E-state index in [4.69, 9.17) is 4.74 Å². The van der Waals surface area contributed by atoms with Crippen LogP contribution in [0.15, 0.2) is 54.6 Å². The molecule has 4 heteroatoms. The first-order chi connectivity index (χ1) is 10.6. The van der Waals surface area contributed by atoms with Crippen LogP contribution in [0.1, 0.15) is 24.9 Å². The average molecular weight is 299 g/mol. The van der Waals surface area contributed by atoms with Gasteiger partial charge in [0.25, 0.3) is 5.91 Å². The lowest BCUT2D eigenvalue weighted by Crippen LogP contribution is -2.66. The smallest absolute Gasteiger partial charge is 0.267 e. The number of carbonyl (C=O) groups is 1. The standard InChI is InChI=1S/C18H18FNO2/c1-3-18(19)16(13-7-5-4-6-8-13)20(17(18)21)14-9-11-15(22-2)12-10-14/h4-12,16H,3H2,1-2H3/t16-,18+/m1/s1. The molecule has 1 amide bonds. The van der Waals surface area contributed by atoms with E-state index in [0.29, 0.717) is 11.4 Å². The largest absolute Gasteiger partial charge is 0.497 e. The van der Waals surface area contributed by atoms with Crippen molar-refractivity contribution in [3.8, 4) is 5.75 Å². The van der Waals surface area contributed by atoms with E-state index in [9.17, 15) is 4.79 Å². The average Bonchev–Trinajstić information content (AvgIpc) is 2.59. The first kappa shape index (κ1) is 14.6. The van der Waals surface area contributed by atoms with Crippen molar-refractivity contribution in [3.05, 3.63) is 60.2 Å². The van der Waals surface area contributed by atoms with Crippen molar-refractivity contribution in [2.45, 2.75) is 25.1 Å². The third kappa shape index (κ3) is 2.06. The Hall–Kier alpha value is -2.36.